The van der Waals surface area contributed by atoms with Crippen LogP contribution < -0.4 is 10.6 Å². The lowest BCUT2D eigenvalue weighted by molar-refractivity contribution is -0.121. The van der Waals surface area contributed by atoms with Crippen molar-refractivity contribution in [1.82, 2.24) is 5.32 Å². The molecule has 0 unspecified atom stereocenters. The van der Waals surface area contributed by atoms with E-state index in [-0.39, 0.29) is 18.4 Å². The van der Waals surface area contributed by atoms with Crippen LogP contribution in [-0.2, 0) is 9.59 Å². The van der Waals surface area contributed by atoms with Gasteiger partial charge in [-0.3, -0.25) is 9.59 Å². The second kappa shape index (κ2) is 7.75. The molecule has 0 spiro atoms. The van der Waals surface area contributed by atoms with Gasteiger partial charge in [-0.25, -0.2) is 0 Å². The lowest BCUT2D eigenvalue weighted by atomic mass is 10.3. The third-order valence-electron chi connectivity index (χ3n) is 2.51. The fourth-order valence-electron chi connectivity index (χ4n) is 1.53. The van der Waals surface area contributed by atoms with E-state index < -0.39 is 0 Å². The number of para-hydroxylation sites is 1. The molecule has 0 fully saturated rings. The van der Waals surface area contributed by atoms with Crippen LogP contribution in [0.2, 0.25) is 0 Å². The maximum absolute atomic E-state index is 11.7. The van der Waals surface area contributed by atoms with Gasteiger partial charge < -0.3 is 10.6 Å². The molecule has 0 atom stereocenters. The Kier molecular flexibility index (Phi) is 5.71. The molecule has 0 radical (unpaired) electrons. The number of thiophene rings is 1. The van der Waals surface area contributed by atoms with E-state index in [0.29, 0.717) is 5.69 Å². The molecule has 2 aromatic rings. The highest BCUT2D eigenvalue weighted by atomic mass is 79.9. The van der Waals surface area contributed by atoms with Crippen LogP contribution >= 0.6 is 27.3 Å². The van der Waals surface area contributed by atoms with Gasteiger partial charge in [0, 0.05) is 15.4 Å². The first-order chi connectivity index (χ1) is 10.1. The van der Waals surface area contributed by atoms with Crippen LogP contribution in [0.3, 0.4) is 0 Å². The van der Waals surface area contributed by atoms with Crippen molar-refractivity contribution in [2.75, 3.05) is 11.9 Å². The summed E-state index contributed by atoms with van der Waals surface area (Å²) in [5.74, 6) is -0.578. The molecule has 108 valence electrons. The minimum atomic E-state index is -0.300. The monoisotopic (exact) mass is 364 g/mol. The summed E-state index contributed by atoms with van der Waals surface area (Å²) in [7, 11) is 0. The maximum atomic E-state index is 11.7. The number of hydrogen-bond acceptors (Lipinski definition) is 3. The van der Waals surface area contributed by atoms with E-state index in [2.05, 4.69) is 26.6 Å². The van der Waals surface area contributed by atoms with Gasteiger partial charge in [0.15, 0.2) is 0 Å². The zero-order valence-electron chi connectivity index (χ0n) is 11.0. The third kappa shape index (κ3) is 5.17. The van der Waals surface area contributed by atoms with E-state index in [0.717, 1.165) is 9.35 Å². The Morgan fingerprint density at radius 3 is 2.71 bits per heavy atom. The Morgan fingerprint density at radius 2 is 2.00 bits per heavy atom. The Hall–Kier alpha value is -1.92. The molecule has 2 N–H and O–H groups in total. The first kappa shape index (κ1) is 15.5. The molecule has 0 saturated heterocycles. The van der Waals surface area contributed by atoms with Gasteiger partial charge in [-0.05, 0) is 45.6 Å². The molecule has 0 saturated carbocycles. The Balaban J connectivity index is 1.79. The van der Waals surface area contributed by atoms with Gasteiger partial charge >= 0.3 is 0 Å². The summed E-state index contributed by atoms with van der Waals surface area (Å²) in [6.45, 7) is -0.0745. The average Bonchev–Trinajstić information content (AvgIpc) is 2.99. The largest absolute Gasteiger partial charge is 0.343 e. The third-order valence-corrected chi connectivity index (χ3v) is 4.04. The first-order valence-corrected chi connectivity index (χ1v) is 7.86. The van der Waals surface area contributed by atoms with Gasteiger partial charge in [0.25, 0.3) is 0 Å². The summed E-state index contributed by atoms with van der Waals surface area (Å²) >= 11 is 4.88. The van der Waals surface area contributed by atoms with Crippen molar-refractivity contribution in [2.24, 2.45) is 0 Å². The number of carbonyl (C=O) groups excluding carboxylic acids is 2. The van der Waals surface area contributed by atoms with E-state index in [1.165, 1.54) is 6.08 Å². The lowest BCUT2D eigenvalue weighted by Crippen LogP contribution is -2.31. The van der Waals surface area contributed by atoms with Gasteiger partial charge in [0.2, 0.25) is 11.8 Å². The molecule has 0 aliphatic rings. The van der Waals surface area contributed by atoms with Crippen molar-refractivity contribution >= 4 is 50.8 Å². The highest BCUT2D eigenvalue weighted by Gasteiger charge is 2.05. The summed E-state index contributed by atoms with van der Waals surface area (Å²) in [6, 6.07) is 11.1. The predicted octanol–water partition coefficient (Wildman–Crippen LogP) is 3.28. The topological polar surface area (TPSA) is 58.2 Å². The smallest absolute Gasteiger partial charge is 0.244 e. The second-order valence-corrected chi connectivity index (χ2v) is 5.93. The summed E-state index contributed by atoms with van der Waals surface area (Å²) in [6.07, 6.45) is 3.13. The number of rotatable bonds is 5. The molecule has 2 amide bonds. The molecule has 4 nitrogen and oxygen atoms in total. The molecular weight excluding hydrogens is 352 g/mol. The highest BCUT2D eigenvalue weighted by molar-refractivity contribution is 9.10. The summed E-state index contributed by atoms with van der Waals surface area (Å²) in [4.78, 5) is 24.3. The van der Waals surface area contributed by atoms with Crippen molar-refractivity contribution in [3.8, 4) is 0 Å². The van der Waals surface area contributed by atoms with Gasteiger partial charge in [0.1, 0.15) is 0 Å². The number of hydrogen-bond donors (Lipinski definition) is 2. The number of nitrogens with one attached hydrogen (secondary N) is 2. The number of amides is 2. The second-order valence-electron chi connectivity index (χ2n) is 4.09. The molecule has 0 aliphatic carbocycles. The van der Waals surface area contributed by atoms with Gasteiger partial charge in [-0.2, -0.15) is 0 Å². The van der Waals surface area contributed by atoms with Crippen LogP contribution in [0.4, 0.5) is 5.69 Å². The number of benzene rings is 1. The molecule has 6 heteroatoms. The summed E-state index contributed by atoms with van der Waals surface area (Å²) < 4.78 is 0.794. The standard InChI is InChI=1S/C15H13BrN2O2S/c16-12-5-1-2-6-13(12)18-15(20)10-17-14(19)8-7-11-4-3-9-21-11/h1-9H,10H2,(H,17,19)(H,18,20). The van der Waals surface area contributed by atoms with E-state index >= 15 is 0 Å². The fourth-order valence-corrected chi connectivity index (χ4v) is 2.53. The molecular formula is C15H13BrN2O2S. The zero-order chi connectivity index (χ0) is 15.1. The molecule has 2 rings (SSSR count). The SMILES string of the molecule is O=C(C=Cc1cccs1)NCC(=O)Nc1ccccc1Br. The van der Waals surface area contributed by atoms with Crippen LogP contribution in [-0.4, -0.2) is 18.4 Å². The Labute approximate surface area is 135 Å². The van der Waals surface area contributed by atoms with Gasteiger partial charge in [-0.15, -0.1) is 11.3 Å². The molecule has 1 aromatic heterocycles. The fraction of sp³-hybridized carbons (Fsp3) is 0.0667. The van der Waals surface area contributed by atoms with Crippen molar-refractivity contribution in [2.45, 2.75) is 0 Å². The minimum Gasteiger partial charge on any atom is -0.343 e. The summed E-state index contributed by atoms with van der Waals surface area (Å²) in [5.41, 5.74) is 0.672. The molecule has 1 aromatic carbocycles. The van der Waals surface area contributed by atoms with E-state index in [1.807, 2.05) is 35.7 Å². The van der Waals surface area contributed by atoms with E-state index in [1.54, 1.807) is 23.5 Å². The molecule has 21 heavy (non-hydrogen) atoms. The molecule has 0 bridgehead atoms. The van der Waals surface area contributed by atoms with Crippen LogP contribution in [0, 0.1) is 0 Å². The van der Waals surface area contributed by atoms with Crippen LogP contribution in [0.15, 0.2) is 52.3 Å². The van der Waals surface area contributed by atoms with Gasteiger partial charge in [0.05, 0.1) is 12.2 Å². The van der Waals surface area contributed by atoms with E-state index in [9.17, 15) is 9.59 Å². The molecule has 1 heterocycles. The van der Waals surface area contributed by atoms with Crippen molar-refractivity contribution in [3.63, 3.8) is 0 Å². The first-order valence-electron chi connectivity index (χ1n) is 6.19. The van der Waals surface area contributed by atoms with Crippen molar-refractivity contribution in [1.29, 1.82) is 0 Å². The van der Waals surface area contributed by atoms with E-state index in [4.69, 9.17) is 0 Å². The lowest BCUT2D eigenvalue weighted by Gasteiger charge is -2.07. The molecule has 0 aliphatic heterocycles. The minimum absolute atomic E-state index is 0.0745. The van der Waals surface area contributed by atoms with Crippen molar-refractivity contribution < 1.29 is 9.59 Å². The Bertz CT molecular complexity index is 653. The average molecular weight is 365 g/mol. The number of halogens is 1. The predicted molar refractivity (Wildman–Crippen MR) is 89.1 cm³/mol. The van der Waals surface area contributed by atoms with Crippen LogP contribution in [0.25, 0.3) is 6.08 Å². The number of carbonyl (C=O) groups is 2. The maximum Gasteiger partial charge on any atom is 0.244 e. The number of anilines is 1. The van der Waals surface area contributed by atoms with Crippen LogP contribution in [0.5, 0.6) is 0 Å². The van der Waals surface area contributed by atoms with Crippen molar-refractivity contribution in [3.05, 3.63) is 57.2 Å². The van der Waals surface area contributed by atoms with Crippen LogP contribution in [0.1, 0.15) is 4.88 Å². The zero-order valence-corrected chi connectivity index (χ0v) is 13.4. The normalized spacial score (nSPS) is 10.5. The van der Waals surface area contributed by atoms with Gasteiger partial charge in [-0.1, -0.05) is 18.2 Å². The highest BCUT2D eigenvalue weighted by Crippen LogP contribution is 2.20. The quantitative estimate of drug-likeness (QED) is 0.799. The Morgan fingerprint density at radius 1 is 1.19 bits per heavy atom. The summed E-state index contributed by atoms with van der Waals surface area (Å²) in [5, 5.41) is 7.18.